The van der Waals surface area contributed by atoms with E-state index in [1.165, 1.54) is 11.8 Å². The van der Waals surface area contributed by atoms with Crippen molar-refractivity contribution in [2.24, 2.45) is 0 Å². The van der Waals surface area contributed by atoms with Crippen LogP contribution >= 0.6 is 11.8 Å². The van der Waals surface area contributed by atoms with E-state index in [2.05, 4.69) is 27.4 Å². The van der Waals surface area contributed by atoms with Gasteiger partial charge in [0.1, 0.15) is 5.82 Å². The lowest BCUT2D eigenvalue weighted by molar-refractivity contribution is -0.117. The third-order valence-corrected chi connectivity index (χ3v) is 4.53. The van der Waals surface area contributed by atoms with E-state index in [9.17, 15) is 9.59 Å². The number of allylic oxidation sites excluding steroid dienone is 1. The molecule has 0 spiro atoms. The summed E-state index contributed by atoms with van der Waals surface area (Å²) in [5, 5.41) is 13.6. The summed E-state index contributed by atoms with van der Waals surface area (Å²) in [6.45, 7) is 10.0. The Morgan fingerprint density at radius 2 is 2.00 bits per heavy atom. The number of urea groups is 1. The first kappa shape index (κ1) is 18.7. The molecule has 132 valence electrons. The summed E-state index contributed by atoms with van der Waals surface area (Å²) in [6, 6.07) is 5.01. The number of carbonyl (C=O) groups is 2. The van der Waals surface area contributed by atoms with E-state index in [0.717, 1.165) is 17.0 Å². The van der Waals surface area contributed by atoms with Gasteiger partial charge in [-0.3, -0.25) is 10.1 Å². The van der Waals surface area contributed by atoms with Crippen molar-refractivity contribution < 1.29 is 9.59 Å². The molecule has 3 amide bonds. The van der Waals surface area contributed by atoms with Gasteiger partial charge in [0, 0.05) is 12.2 Å². The predicted octanol–water partition coefficient (Wildman–Crippen LogP) is 2.83. The minimum absolute atomic E-state index is 0.0651. The fraction of sp³-hybridized carbons (Fsp3) is 0.294. The molecule has 0 saturated heterocycles. The molecule has 0 unspecified atom stereocenters. The molecule has 2 rings (SSSR count). The number of imide groups is 1. The van der Waals surface area contributed by atoms with Gasteiger partial charge in [-0.25, -0.2) is 4.79 Å². The fourth-order valence-electron chi connectivity index (χ4n) is 2.08. The molecule has 25 heavy (non-hydrogen) atoms. The van der Waals surface area contributed by atoms with Crippen LogP contribution in [0.4, 0.5) is 10.5 Å². The first-order valence-electron chi connectivity index (χ1n) is 7.72. The average Bonchev–Trinajstić information content (AvgIpc) is 2.90. The first-order chi connectivity index (χ1) is 11.9. The molecule has 0 bridgehead atoms. The molecule has 0 aliphatic heterocycles. The second kappa shape index (κ2) is 8.48. The van der Waals surface area contributed by atoms with E-state index in [1.54, 1.807) is 12.1 Å². The third-order valence-electron chi connectivity index (χ3n) is 3.56. The first-order valence-corrected chi connectivity index (χ1v) is 8.71. The molecule has 2 N–H and O–H groups in total. The van der Waals surface area contributed by atoms with Crippen molar-refractivity contribution in [3.8, 4) is 0 Å². The Balaban J connectivity index is 1.86. The van der Waals surface area contributed by atoms with Gasteiger partial charge in [0.15, 0.2) is 5.16 Å². The molecule has 0 aliphatic rings. The monoisotopic (exact) mass is 359 g/mol. The highest BCUT2D eigenvalue weighted by molar-refractivity contribution is 7.99. The quantitative estimate of drug-likeness (QED) is 0.611. The average molecular weight is 359 g/mol. The van der Waals surface area contributed by atoms with E-state index in [-0.39, 0.29) is 5.75 Å². The highest BCUT2D eigenvalue weighted by atomic mass is 32.2. The number of amides is 3. The van der Waals surface area contributed by atoms with Gasteiger partial charge < -0.3 is 9.88 Å². The maximum atomic E-state index is 11.9. The number of benzene rings is 1. The van der Waals surface area contributed by atoms with Crippen molar-refractivity contribution in [1.29, 1.82) is 0 Å². The van der Waals surface area contributed by atoms with Crippen LogP contribution in [0, 0.1) is 20.8 Å². The van der Waals surface area contributed by atoms with Crippen molar-refractivity contribution in [3.63, 3.8) is 0 Å². The largest absolute Gasteiger partial charge is 0.325 e. The van der Waals surface area contributed by atoms with Crippen LogP contribution in [0.3, 0.4) is 0 Å². The highest BCUT2D eigenvalue weighted by Crippen LogP contribution is 2.17. The van der Waals surface area contributed by atoms with Crippen LogP contribution in [0.15, 0.2) is 36.0 Å². The standard InChI is InChI=1S/C17H21N5O2S/c1-5-8-22-13(4)20-21-17(22)25-10-15(23)19-16(24)18-14-7-6-11(2)12(3)9-14/h5-7,9H,1,8,10H2,2-4H3,(H2,18,19,23,24). The van der Waals surface area contributed by atoms with Gasteiger partial charge in [-0.1, -0.05) is 23.9 Å². The Kier molecular flexibility index (Phi) is 6.35. The molecule has 0 fully saturated rings. The van der Waals surface area contributed by atoms with E-state index in [1.807, 2.05) is 37.5 Å². The van der Waals surface area contributed by atoms with E-state index in [4.69, 9.17) is 0 Å². The molecule has 0 saturated carbocycles. The minimum atomic E-state index is -0.558. The number of nitrogens with one attached hydrogen (secondary N) is 2. The summed E-state index contributed by atoms with van der Waals surface area (Å²) in [7, 11) is 0. The van der Waals surface area contributed by atoms with Crippen LogP contribution in [0.25, 0.3) is 0 Å². The van der Waals surface area contributed by atoms with Crippen LogP contribution in [0.2, 0.25) is 0 Å². The number of hydrogen-bond acceptors (Lipinski definition) is 5. The number of carbonyl (C=O) groups excluding carboxylic acids is 2. The SMILES string of the molecule is C=CCn1c(C)nnc1SCC(=O)NC(=O)Nc1ccc(C)c(C)c1. The summed E-state index contributed by atoms with van der Waals surface area (Å²) in [6.07, 6.45) is 1.73. The second-order valence-corrected chi connectivity index (χ2v) is 6.46. The molecule has 0 aliphatic carbocycles. The number of aromatic nitrogens is 3. The molecule has 1 aromatic heterocycles. The summed E-state index contributed by atoms with van der Waals surface area (Å²) in [5.74, 6) is 0.405. The van der Waals surface area contributed by atoms with Crippen molar-refractivity contribution in [2.75, 3.05) is 11.1 Å². The Labute approximate surface area is 150 Å². The summed E-state index contributed by atoms with van der Waals surface area (Å²) in [4.78, 5) is 23.8. The van der Waals surface area contributed by atoms with Crippen molar-refractivity contribution in [3.05, 3.63) is 47.8 Å². The lowest BCUT2D eigenvalue weighted by Crippen LogP contribution is -2.35. The Bertz CT molecular complexity index is 800. The van der Waals surface area contributed by atoms with E-state index in [0.29, 0.717) is 17.4 Å². The van der Waals surface area contributed by atoms with Gasteiger partial charge >= 0.3 is 6.03 Å². The lowest BCUT2D eigenvalue weighted by atomic mass is 10.1. The van der Waals surface area contributed by atoms with Crippen LogP contribution < -0.4 is 10.6 Å². The van der Waals surface area contributed by atoms with Crippen molar-refractivity contribution in [2.45, 2.75) is 32.5 Å². The maximum absolute atomic E-state index is 11.9. The zero-order valence-electron chi connectivity index (χ0n) is 14.5. The molecule has 1 heterocycles. The topological polar surface area (TPSA) is 88.9 Å². The van der Waals surface area contributed by atoms with Crippen LogP contribution in [-0.4, -0.2) is 32.5 Å². The normalized spacial score (nSPS) is 10.4. The molecular weight excluding hydrogens is 338 g/mol. The third kappa shape index (κ3) is 5.18. The summed E-state index contributed by atoms with van der Waals surface area (Å²) < 4.78 is 1.85. The van der Waals surface area contributed by atoms with E-state index >= 15 is 0 Å². The number of rotatable bonds is 6. The van der Waals surface area contributed by atoms with Crippen LogP contribution in [0.5, 0.6) is 0 Å². The minimum Gasteiger partial charge on any atom is -0.308 e. The van der Waals surface area contributed by atoms with Gasteiger partial charge in [0.05, 0.1) is 5.75 Å². The number of nitrogens with zero attached hydrogens (tertiary/aromatic N) is 3. The predicted molar refractivity (Wildman–Crippen MR) is 98.8 cm³/mol. The van der Waals surface area contributed by atoms with Gasteiger partial charge in [0.2, 0.25) is 5.91 Å². The van der Waals surface area contributed by atoms with Crippen molar-refractivity contribution in [1.82, 2.24) is 20.1 Å². The molecule has 0 radical (unpaired) electrons. The molecule has 8 heteroatoms. The zero-order valence-corrected chi connectivity index (χ0v) is 15.3. The molecule has 7 nitrogen and oxygen atoms in total. The van der Waals surface area contributed by atoms with Gasteiger partial charge in [-0.15, -0.1) is 16.8 Å². The molecule has 1 aromatic carbocycles. The fourth-order valence-corrected chi connectivity index (χ4v) is 2.88. The Morgan fingerprint density at radius 3 is 2.68 bits per heavy atom. The highest BCUT2D eigenvalue weighted by Gasteiger charge is 2.13. The van der Waals surface area contributed by atoms with Crippen LogP contribution in [0.1, 0.15) is 17.0 Å². The van der Waals surface area contributed by atoms with Crippen LogP contribution in [-0.2, 0) is 11.3 Å². The van der Waals surface area contributed by atoms with Crippen molar-refractivity contribution >= 4 is 29.4 Å². The molecular formula is C17H21N5O2S. The number of hydrogen-bond donors (Lipinski definition) is 2. The second-order valence-electron chi connectivity index (χ2n) is 5.52. The van der Waals surface area contributed by atoms with Gasteiger partial charge in [0.25, 0.3) is 0 Å². The zero-order chi connectivity index (χ0) is 18.4. The number of thioether (sulfide) groups is 1. The molecule has 2 aromatic rings. The number of anilines is 1. The smallest absolute Gasteiger partial charge is 0.308 e. The van der Waals surface area contributed by atoms with Gasteiger partial charge in [-0.2, -0.15) is 0 Å². The van der Waals surface area contributed by atoms with E-state index < -0.39 is 11.9 Å². The van der Waals surface area contributed by atoms with Gasteiger partial charge in [-0.05, 0) is 44.0 Å². The Hall–Kier alpha value is -2.61. The lowest BCUT2D eigenvalue weighted by Gasteiger charge is -2.09. The summed E-state index contributed by atoms with van der Waals surface area (Å²) >= 11 is 1.22. The maximum Gasteiger partial charge on any atom is 0.325 e. The molecule has 0 atom stereocenters. The number of aryl methyl sites for hydroxylation is 3. The summed E-state index contributed by atoms with van der Waals surface area (Å²) in [5.41, 5.74) is 2.84. The Morgan fingerprint density at radius 1 is 1.24 bits per heavy atom.